The Bertz CT molecular complexity index is 311. The molecule has 1 atom stereocenters. The summed E-state index contributed by atoms with van der Waals surface area (Å²) >= 11 is -2.42. The minimum atomic E-state index is -2.42. The molecule has 0 heterocycles. The Hall–Kier alpha value is -1.27. The van der Waals surface area contributed by atoms with E-state index in [2.05, 4.69) is 4.18 Å². The fraction of sp³-hybridized carbons (Fsp3) is 0. The van der Waals surface area contributed by atoms with Crippen molar-refractivity contribution in [1.82, 2.24) is 0 Å². The van der Waals surface area contributed by atoms with E-state index in [-0.39, 0.29) is 11.5 Å². The van der Waals surface area contributed by atoms with Crippen molar-refractivity contribution in [1.29, 1.82) is 0 Å². The molecular weight excluding hydrogens is 184 g/mol. The van der Waals surface area contributed by atoms with E-state index in [4.69, 9.17) is 14.8 Å². The molecule has 1 rings (SSSR count). The average Bonchev–Trinajstić information content (AvgIpc) is 1.96. The van der Waals surface area contributed by atoms with Crippen LogP contribution in [0.1, 0.15) is 0 Å². The Morgan fingerprint density at radius 1 is 1.25 bits per heavy atom. The minimum Gasteiger partial charge on any atom is -0.504 e. The molecule has 0 saturated carbocycles. The van der Waals surface area contributed by atoms with Gasteiger partial charge in [-0.2, -0.15) is 4.21 Å². The van der Waals surface area contributed by atoms with Crippen LogP contribution in [0.25, 0.3) is 0 Å². The maximum atomic E-state index is 10.1. The van der Waals surface area contributed by atoms with E-state index >= 15 is 0 Å². The summed E-state index contributed by atoms with van der Waals surface area (Å²) in [5.41, 5.74) is 0. The summed E-state index contributed by atoms with van der Waals surface area (Å²) in [5.74, 6) is -0.713. The number of aromatic hydroxyl groups is 2. The summed E-state index contributed by atoms with van der Waals surface area (Å²) in [5, 5.41) is 17.7. The van der Waals surface area contributed by atoms with Gasteiger partial charge in [-0.05, 0) is 12.1 Å². The lowest BCUT2D eigenvalue weighted by atomic mass is 10.3. The summed E-state index contributed by atoms with van der Waals surface area (Å²) in [4.78, 5) is 0. The summed E-state index contributed by atoms with van der Waals surface area (Å²) in [7, 11) is 0. The topological polar surface area (TPSA) is 87.0 Å². The highest BCUT2D eigenvalue weighted by Crippen LogP contribution is 2.28. The minimum absolute atomic E-state index is 0.00568. The van der Waals surface area contributed by atoms with E-state index in [1.165, 1.54) is 6.07 Å². The quantitative estimate of drug-likeness (QED) is 0.470. The highest BCUT2D eigenvalue weighted by molar-refractivity contribution is 7.74. The second-order valence-corrected chi connectivity index (χ2v) is 2.55. The maximum absolute atomic E-state index is 10.1. The van der Waals surface area contributed by atoms with E-state index in [1.54, 1.807) is 0 Å². The predicted octanol–water partition coefficient (Wildman–Crippen LogP) is 0.613. The van der Waals surface area contributed by atoms with Gasteiger partial charge in [-0.15, -0.1) is 0 Å². The van der Waals surface area contributed by atoms with Crippen LogP contribution in [0.3, 0.4) is 0 Å². The van der Waals surface area contributed by atoms with Crippen LogP contribution in [-0.2, 0) is 11.4 Å². The summed E-state index contributed by atoms with van der Waals surface area (Å²) < 4.78 is 22.7. The lowest BCUT2D eigenvalue weighted by Crippen LogP contribution is -1.96. The first-order valence-electron chi connectivity index (χ1n) is 2.91. The molecule has 0 saturated heterocycles. The van der Waals surface area contributed by atoms with Crippen LogP contribution >= 0.6 is 0 Å². The fourth-order valence-electron chi connectivity index (χ4n) is 0.637. The summed E-state index contributed by atoms with van der Waals surface area (Å²) in [6.45, 7) is 0. The fourth-order valence-corrected chi connectivity index (χ4v) is 0.906. The van der Waals surface area contributed by atoms with Gasteiger partial charge in [0, 0.05) is 6.07 Å². The highest BCUT2D eigenvalue weighted by atomic mass is 32.2. The standard InChI is InChI=1S/C6H6O5S/c7-5-2-1-4(3-6(5)8)11-12(9)10/h1-3,7-8H,(H,9,10). The monoisotopic (exact) mass is 190 g/mol. The van der Waals surface area contributed by atoms with Crippen LogP contribution < -0.4 is 4.18 Å². The number of phenols is 2. The van der Waals surface area contributed by atoms with Gasteiger partial charge in [0.2, 0.25) is 0 Å². The van der Waals surface area contributed by atoms with Crippen molar-refractivity contribution >= 4 is 11.4 Å². The smallest absolute Gasteiger partial charge is 0.357 e. The third-order valence-corrected chi connectivity index (χ3v) is 1.45. The van der Waals surface area contributed by atoms with Gasteiger partial charge in [-0.3, -0.25) is 4.55 Å². The summed E-state index contributed by atoms with van der Waals surface area (Å²) in [6, 6.07) is 3.43. The molecule has 5 nitrogen and oxygen atoms in total. The van der Waals surface area contributed by atoms with Gasteiger partial charge >= 0.3 is 11.4 Å². The lowest BCUT2D eigenvalue weighted by molar-refractivity contribution is 0.399. The second-order valence-electron chi connectivity index (χ2n) is 1.95. The first kappa shape index (κ1) is 8.82. The van der Waals surface area contributed by atoms with Crippen LogP contribution in [-0.4, -0.2) is 19.0 Å². The molecule has 12 heavy (non-hydrogen) atoms. The molecule has 0 aliphatic rings. The lowest BCUT2D eigenvalue weighted by Gasteiger charge is -2.00. The van der Waals surface area contributed by atoms with Crippen LogP contribution in [0.2, 0.25) is 0 Å². The van der Waals surface area contributed by atoms with E-state index in [9.17, 15) is 4.21 Å². The zero-order valence-corrected chi connectivity index (χ0v) is 6.61. The normalized spacial score (nSPS) is 12.4. The van der Waals surface area contributed by atoms with Crippen LogP contribution in [0.5, 0.6) is 17.2 Å². The van der Waals surface area contributed by atoms with Gasteiger partial charge in [0.05, 0.1) is 0 Å². The predicted molar refractivity (Wildman–Crippen MR) is 41.2 cm³/mol. The molecule has 0 radical (unpaired) electrons. The Morgan fingerprint density at radius 2 is 1.92 bits per heavy atom. The molecule has 66 valence electrons. The van der Waals surface area contributed by atoms with Crippen molar-refractivity contribution in [2.24, 2.45) is 0 Å². The Labute approximate surface area is 70.7 Å². The molecule has 0 aliphatic heterocycles. The number of benzene rings is 1. The van der Waals surface area contributed by atoms with Crippen molar-refractivity contribution in [2.45, 2.75) is 0 Å². The second kappa shape index (κ2) is 3.42. The van der Waals surface area contributed by atoms with E-state index in [1.807, 2.05) is 0 Å². The SMILES string of the molecule is O=S(O)Oc1ccc(O)c(O)c1. The Morgan fingerprint density at radius 3 is 2.42 bits per heavy atom. The first-order chi connectivity index (χ1) is 5.59. The Kier molecular flexibility index (Phi) is 2.51. The number of hydrogen-bond donors (Lipinski definition) is 3. The molecular formula is C6H6O5S. The number of hydrogen-bond acceptors (Lipinski definition) is 4. The highest BCUT2D eigenvalue weighted by Gasteiger charge is 2.03. The first-order valence-corrected chi connectivity index (χ1v) is 3.94. The van der Waals surface area contributed by atoms with Gasteiger partial charge in [0.1, 0.15) is 5.75 Å². The average molecular weight is 190 g/mol. The van der Waals surface area contributed by atoms with Gasteiger partial charge in [0.15, 0.2) is 11.5 Å². The molecule has 0 amide bonds. The largest absolute Gasteiger partial charge is 0.504 e. The van der Waals surface area contributed by atoms with Crippen molar-refractivity contribution in [3.63, 3.8) is 0 Å². The molecule has 1 aromatic carbocycles. The summed E-state index contributed by atoms with van der Waals surface area (Å²) in [6.07, 6.45) is 0. The van der Waals surface area contributed by atoms with E-state index < -0.39 is 17.1 Å². The third kappa shape index (κ3) is 2.11. The molecule has 0 bridgehead atoms. The molecule has 1 aromatic rings. The molecule has 3 N–H and O–H groups in total. The molecule has 0 aromatic heterocycles. The van der Waals surface area contributed by atoms with Crippen molar-refractivity contribution in [3.05, 3.63) is 18.2 Å². The van der Waals surface area contributed by atoms with Gasteiger partial charge < -0.3 is 14.4 Å². The van der Waals surface area contributed by atoms with Gasteiger partial charge in [-0.25, -0.2) is 0 Å². The number of phenolic OH excluding ortho intramolecular Hbond substituents is 2. The maximum Gasteiger partial charge on any atom is 0.357 e. The van der Waals surface area contributed by atoms with Crippen LogP contribution in [0, 0.1) is 0 Å². The van der Waals surface area contributed by atoms with Crippen molar-refractivity contribution in [3.8, 4) is 17.2 Å². The van der Waals surface area contributed by atoms with Crippen LogP contribution in [0.15, 0.2) is 18.2 Å². The zero-order chi connectivity index (χ0) is 9.14. The third-order valence-electron chi connectivity index (χ3n) is 1.11. The van der Waals surface area contributed by atoms with E-state index in [0.717, 1.165) is 12.1 Å². The molecule has 0 spiro atoms. The van der Waals surface area contributed by atoms with Crippen molar-refractivity contribution < 1.29 is 23.2 Å². The molecule has 0 aliphatic carbocycles. The zero-order valence-electron chi connectivity index (χ0n) is 5.80. The van der Waals surface area contributed by atoms with E-state index in [0.29, 0.717) is 0 Å². The van der Waals surface area contributed by atoms with Gasteiger partial charge in [-0.1, -0.05) is 0 Å². The molecule has 0 fully saturated rings. The van der Waals surface area contributed by atoms with Crippen LogP contribution in [0.4, 0.5) is 0 Å². The van der Waals surface area contributed by atoms with Crippen molar-refractivity contribution in [2.75, 3.05) is 0 Å². The molecule has 1 unspecified atom stereocenters. The molecule has 6 heteroatoms. The number of rotatable bonds is 2. The van der Waals surface area contributed by atoms with Gasteiger partial charge in [0.25, 0.3) is 0 Å². The Balaban J connectivity index is 2.89.